The van der Waals surface area contributed by atoms with Crippen LogP contribution < -0.4 is 5.43 Å². The molecule has 0 aliphatic rings. The van der Waals surface area contributed by atoms with Gasteiger partial charge in [0.25, 0.3) is 5.91 Å². The Morgan fingerprint density at radius 1 is 1.04 bits per heavy atom. The first-order chi connectivity index (χ1) is 13.4. The van der Waals surface area contributed by atoms with Crippen molar-refractivity contribution < 1.29 is 4.79 Å². The topological polar surface area (TPSA) is 59.3 Å². The molecule has 1 heterocycles. The average molecular weight is 372 g/mol. The van der Waals surface area contributed by atoms with Gasteiger partial charge in [0.05, 0.1) is 11.4 Å². The fourth-order valence-corrected chi connectivity index (χ4v) is 2.59. The molecule has 2 aromatic carbocycles. The van der Waals surface area contributed by atoms with Gasteiger partial charge >= 0.3 is 0 Å². The van der Waals surface area contributed by atoms with Crippen molar-refractivity contribution in [1.29, 1.82) is 0 Å². The maximum Gasteiger partial charge on any atom is 0.290 e. The van der Waals surface area contributed by atoms with E-state index >= 15 is 0 Å². The number of hydrogen-bond acceptors (Lipinski definition) is 3. The van der Waals surface area contributed by atoms with E-state index in [1.54, 1.807) is 17.0 Å². The SMILES string of the molecule is CC(C)(C)c1cc(C(=O)N/N=C\C=C\c2ccccc2)n(-c2ccccc2)n1. The average Bonchev–Trinajstić information content (AvgIpc) is 3.15. The van der Waals surface area contributed by atoms with Gasteiger partial charge in [-0.1, -0.05) is 75.4 Å². The van der Waals surface area contributed by atoms with Crippen LogP contribution in [-0.2, 0) is 5.41 Å². The summed E-state index contributed by atoms with van der Waals surface area (Å²) >= 11 is 0. The first-order valence-electron chi connectivity index (χ1n) is 9.16. The maximum absolute atomic E-state index is 12.7. The fraction of sp³-hybridized carbons (Fsp3) is 0.174. The largest absolute Gasteiger partial charge is 0.290 e. The summed E-state index contributed by atoms with van der Waals surface area (Å²) in [4.78, 5) is 12.7. The third-order valence-electron chi connectivity index (χ3n) is 4.13. The Labute approximate surface area is 165 Å². The van der Waals surface area contributed by atoms with E-state index in [4.69, 9.17) is 0 Å². The van der Waals surface area contributed by atoms with Crippen LogP contribution in [0, 0.1) is 0 Å². The van der Waals surface area contributed by atoms with Gasteiger partial charge in [-0.15, -0.1) is 0 Å². The van der Waals surface area contributed by atoms with Crippen LogP contribution in [0.5, 0.6) is 0 Å². The molecule has 28 heavy (non-hydrogen) atoms. The van der Waals surface area contributed by atoms with Crippen molar-refractivity contribution in [3.8, 4) is 5.69 Å². The molecule has 0 aliphatic carbocycles. The highest BCUT2D eigenvalue weighted by Crippen LogP contribution is 2.23. The lowest BCUT2D eigenvalue weighted by Gasteiger charge is -2.14. The number of amides is 1. The third-order valence-corrected chi connectivity index (χ3v) is 4.13. The summed E-state index contributed by atoms with van der Waals surface area (Å²) in [6.45, 7) is 6.21. The molecule has 0 spiro atoms. The highest BCUT2D eigenvalue weighted by molar-refractivity contribution is 5.94. The van der Waals surface area contributed by atoms with Crippen LogP contribution >= 0.6 is 0 Å². The molecule has 0 unspecified atom stereocenters. The number of aromatic nitrogens is 2. The molecule has 5 heteroatoms. The van der Waals surface area contributed by atoms with Crippen molar-refractivity contribution >= 4 is 18.2 Å². The van der Waals surface area contributed by atoms with E-state index in [1.807, 2.05) is 72.8 Å². The Morgan fingerprint density at radius 3 is 2.32 bits per heavy atom. The molecule has 0 radical (unpaired) electrons. The van der Waals surface area contributed by atoms with E-state index in [2.05, 4.69) is 36.4 Å². The van der Waals surface area contributed by atoms with Crippen LogP contribution in [-0.4, -0.2) is 21.9 Å². The van der Waals surface area contributed by atoms with Crippen molar-refractivity contribution in [2.75, 3.05) is 0 Å². The number of benzene rings is 2. The Bertz CT molecular complexity index is 980. The Hall–Kier alpha value is -3.47. The quantitative estimate of drug-likeness (QED) is 0.526. The van der Waals surface area contributed by atoms with Crippen LogP contribution in [0.2, 0.25) is 0 Å². The second kappa shape index (κ2) is 8.48. The van der Waals surface area contributed by atoms with Crippen molar-refractivity contribution in [2.24, 2.45) is 5.10 Å². The number of rotatable bonds is 5. The summed E-state index contributed by atoms with van der Waals surface area (Å²) < 4.78 is 1.66. The molecule has 142 valence electrons. The number of carbonyl (C=O) groups excluding carboxylic acids is 1. The van der Waals surface area contributed by atoms with Gasteiger partial charge in [0, 0.05) is 11.6 Å². The third kappa shape index (κ3) is 4.82. The van der Waals surface area contributed by atoms with Crippen molar-refractivity contribution in [3.63, 3.8) is 0 Å². The second-order valence-electron chi connectivity index (χ2n) is 7.40. The van der Waals surface area contributed by atoms with E-state index in [0.717, 1.165) is 16.9 Å². The molecular weight excluding hydrogens is 348 g/mol. The van der Waals surface area contributed by atoms with E-state index < -0.39 is 0 Å². The minimum atomic E-state index is -0.309. The number of allylic oxidation sites excluding steroid dienone is 1. The second-order valence-corrected chi connectivity index (χ2v) is 7.40. The lowest BCUT2D eigenvalue weighted by atomic mass is 9.92. The Kier molecular flexibility index (Phi) is 5.84. The number of nitrogens with zero attached hydrogens (tertiary/aromatic N) is 3. The minimum absolute atomic E-state index is 0.170. The standard InChI is InChI=1S/C23H24N4O/c1-23(2,3)21-17-20(27(26-21)19-14-8-5-9-15-19)22(28)25-24-16-10-13-18-11-6-4-7-12-18/h4-17H,1-3H3,(H,25,28)/b13-10+,24-16-. The van der Waals surface area contributed by atoms with Gasteiger partial charge in [-0.25, -0.2) is 10.1 Å². The van der Waals surface area contributed by atoms with Gasteiger partial charge in [-0.05, 0) is 29.8 Å². The Balaban J connectivity index is 1.78. The molecule has 3 aromatic rings. The van der Waals surface area contributed by atoms with Gasteiger partial charge < -0.3 is 0 Å². The van der Waals surface area contributed by atoms with Crippen LogP contribution in [0.15, 0.2) is 77.9 Å². The van der Waals surface area contributed by atoms with Crippen LogP contribution in [0.1, 0.15) is 42.5 Å². The molecular formula is C23H24N4O. The van der Waals surface area contributed by atoms with E-state index in [9.17, 15) is 4.79 Å². The maximum atomic E-state index is 12.7. The highest BCUT2D eigenvalue weighted by Gasteiger charge is 2.23. The van der Waals surface area contributed by atoms with E-state index in [1.165, 1.54) is 0 Å². The number of nitrogens with one attached hydrogen (secondary N) is 1. The van der Waals surface area contributed by atoms with E-state index in [-0.39, 0.29) is 11.3 Å². The summed E-state index contributed by atoms with van der Waals surface area (Å²) in [7, 11) is 0. The predicted molar refractivity (Wildman–Crippen MR) is 114 cm³/mol. The predicted octanol–water partition coefficient (Wildman–Crippen LogP) is 4.60. The first kappa shape index (κ1) is 19.3. The molecule has 0 saturated heterocycles. The molecule has 0 aliphatic heterocycles. The lowest BCUT2D eigenvalue weighted by Crippen LogP contribution is -2.21. The van der Waals surface area contributed by atoms with Crippen molar-refractivity contribution in [2.45, 2.75) is 26.2 Å². The number of hydrazone groups is 1. The van der Waals surface area contributed by atoms with E-state index in [0.29, 0.717) is 5.69 Å². The summed E-state index contributed by atoms with van der Waals surface area (Å²) in [6, 6.07) is 21.3. The Morgan fingerprint density at radius 2 is 1.68 bits per heavy atom. The summed E-state index contributed by atoms with van der Waals surface area (Å²) in [6.07, 6.45) is 5.26. The van der Waals surface area contributed by atoms with Crippen molar-refractivity contribution in [1.82, 2.24) is 15.2 Å². The molecule has 0 fully saturated rings. The number of carbonyl (C=O) groups is 1. The normalized spacial score (nSPS) is 12.0. The molecule has 1 N–H and O–H groups in total. The smallest absolute Gasteiger partial charge is 0.266 e. The summed E-state index contributed by atoms with van der Waals surface area (Å²) in [5.74, 6) is -0.309. The minimum Gasteiger partial charge on any atom is -0.266 e. The number of hydrogen-bond donors (Lipinski definition) is 1. The molecule has 1 aromatic heterocycles. The van der Waals surface area contributed by atoms with Gasteiger partial charge in [-0.3, -0.25) is 4.79 Å². The molecule has 3 rings (SSSR count). The van der Waals surface area contributed by atoms with Crippen LogP contribution in [0.4, 0.5) is 0 Å². The zero-order valence-corrected chi connectivity index (χ0v) is 16.3. The van der Waals surface area contributed by atoms with Crippen LogP contribution in [0.3, 0.4) is 0 Å². The summed E-state index contributed by atoms with van der Waals surface area (Å²) in [5.41, 5.74) is 5.59. The highest BCUT2D eigenvalue weighted by atomic mass is 16.2. The monoisotopic (exact) mass is 372 g/mol. The molecule has 1 amide bonds. The zero-order chi connectivity index (χ0) is 20.0. The number of para-hydroxylation sites is 1. The molecule has 0 bridgehead atoms. The van der Waals surface area contributed by atoms with Gasteiger partial charge in [-0.2, -0.15) is 10.2 Å². The lowest BCUT2D eigenvalue weighted by molar-refractivity contribution is 0.0947. The van der Waals surface area contributed by atoms with Gasteiger partial charge in [0.1, 0.15) is 5.69 Å². The van der Waals surface area contributed by atoms with Crippen molar-refractivity contribution in [3.05, 3.63) is 89.8 Å². The molecule has 0 atom stereocenters. The zero-order valence-electron chi connectivity index (χ0n) is 16.3. The molecule has 5 nitrogen and oxygen atoms in total. The van der Waals surface area contributed by atoms with Crippen LogP contribution in [0.25, 0.3) is 11.8 Å². The first-order valence-corrected chi connectivity index (χ1v) is 9.16. The summed E-state index contributed by atoms with van der Waals surface area (Å²) in [5, 5.41) is 8.66. The fourth-order valence-electron chi connectivity index (χ4n) is 2.59. The molecule has 0 saturated carbocycles. The van der Waals surface area contributed by atoms with Gasteiger partial charge in [0.15, 0.2) is 0 Å². The van der Waals surface area contributed by atoms with Gasteiger partial charge in [0.2, 0.25) is 0 Å².